The smallest absolute Gasteiger partial charge is 0.130 e. The van der Waals surface area contributed by atoms with Crippen molar-refractivity contribution in [1.29, 1.82) is 0 Å². The Labute approximate surface area is 88.1 Å². The minimum Gasteiger partial charge on any atom is -0.330 e. The number of nitrogens with two attached hydrogens (primary N) is 1. The van der Waals surface area contributed by atoms with Crippen LogP contribution in [0.3, 0.4) is 0 Å². The van der Waals surface area contributed by atoms with Gasteiger partial charge >= 0.3 is 0 Å². The monoisotopic (exact) mass is 218 g/mol. The maximum Gasteiger partial charge on any atom is 0.130 e. The van der Waals surface area contributed by atoms with E-state index >= 15 is 0 Å². The number of hydrogen-bond donors (Lipinski definition) is 1. The van der Waals surface area contributed by atoms with Crippen molar-refractivity contribution in [3.63, 3.8) is 0 Å². The summed E-state index contributed by atoms with van der Waals surface area (Å²) in [6.07, 6.45) is 2.62. The molecule has 0 aliphatic rings. The number of pyridine rings is 1. The summed E-state index contributed by atoms with van der Waals surface area (Å²) in [6, 6.07) is 1.66. The molecular weight excluding hydrogens is 207 g/mol. The van der Waals surface area contributed by atoms with Crippen LogP contribution in [0.4, 0.5) is 0 Å². The van der Waals surface area contributed by atoms with Crippen molar-refractivity contribution >= 4 is 23.2 Å². The molecule has 0 aliphatic heterocycles. The SMILES string of the molecule is CC(CCN)c1cnc(Cl)cc1Cl. The van der Waals surface area contributed by atoms with E-state index in [2.05, 4.69) is 11.9 Å². The predicted octanol–water partition coefficient (Wildman–Crippen LogP) is 2.84. The van der Waals surface area contributed by atoms with Crippen molar-refractivity contribution in [2.75, 3.05) is 6.54 Å². The van der Waals surface area contributed by atoms with Crippen LogP contribution in [-0.4, -0.2) is 11.5 Å². The topological polar surface area (TPSA) is 38.9 Å². The van der Waals surface area contributed by atoms with Crippen molar-refractivity contribution < 1.29 is 0 Å². The van der Waals surface area contributed by atoms with Crippen molar-refractivity contribution in [1.82, 2.24) is 4.98 Å². The summed E-state index contributed by atoms with van der Waals surface area (Å²) in [6.45, 7) is 2.73. The first kappa shape index (κ1) is 10.8. The van der Waals surface area contributed by atoms with Crippen molar-refractivity contribution in [3.8, 4) is 0 Å². The van der Waals surface area contributed by atoms with Gasteiger partial charge in [0.1, 0.15) is 5.15 Å². The zero-order valence-electron chi connectivity index (χ0n) is 7.43. The molecule has 0 aliphatic carbocycles. The van der Waals surface area contributed by atoms with Gasteiger partial charge in [-0.3, -0.25) is 0 Å². The van der Waals surface area contributed by atoms with Crippen LogP contribution in [0, 0.1) is 0 Å². The lowest BCUT2D eigenvalue weighted by Gasteiger charge is -2.11. The zero-order chi connectivity index (χ0) is 9.84. The molecule has 72 valence electrons. The lowest BCUT2D eigenvalue weighted by atomic mass is 10.00. The number of aromatic nitrogens is 1. The highest BCUT2D eigenvalue weighted by atomic mass is 35.5. The lowest BCUT2D eigenvalue weighted by molar-refractivity contribution is 0.687. The molecule has 13 heavy (non-hydrogen) atoms. The number of halogens is 2. The van der Waals surface area contributed by atoms with E-state index in [1.54, 1.807) is 12.3 Å². The minimum absolute atomic E-state index is 0.335. The highest BCUT2D eigenvalue weighted by Gasteiger charge is 2.09. The molecule has 0 saturated carbocycles. The van der Waals surface area contributed by atoms with Crippen LogP contribution < -0.4 is 5.73 Å². The molecule has 1 atom stereocenters. The molecule has 1 heterocycles. The van der Waals surface area contributed by atoms with Gasteiger partial charge in [-0.15, -0.1) is 0 Å². The predicted molar refractivity (Wildman–Crippen MR) is 56.3 cm³/mol. The van der Waals surface area contributed by atoms with Crippen LogP contribution in [0.25, 0.3) is 0 Å². The van der Waals surface area contributed by atoms with Crippen LogP contribution in [-0.2, 0) is 0 Å². The minimum atomic E-state index is 0.335. The standard InChI is InChI=1S/C9H12Cl2N2/c1-6(2-3-12)7-5-13-9(11)4-8(7)10/h4-6H,2-3,12H2,1H3. The molecule has 0 aromatic carbocycles. The fraction of sp³-hybridized carbons (Fsp3) is 0.444. The van der Waals surface area contributed by atoms with E-state index in [4.69, 9.17) is 28.9 Å². The molecule has 1 rings (SSSR count). The van der Waals surface area contributed by atoms with Crippen LogP contribution in [0.5, 0.6) is 0 Å². The molecule has 2 nitrogen and oxygen atoms in total. The second-order valence-electron chi connectivity index (χ2n) is 3.01. The quantitative estimate of drug-likeness (QED) is 0.794. The van der Waals surface area contributed by atoms with E-state index in [0.29, 0.717) is 22.6 Å². The Morgan fingerprint density at radius 2 is 2.23 bits per heavy atom. The Hall–Kier alpha value is -0.310. The van der Waals surface area contributed by atoms with E-state index in [-0.39, 0.29) is 0 Å². The maximum absolute atomic E-state index is 5.99. The van der Waals surface area contributed by atoms with Crippen LogP contribution in [0.15, 0.2) is 12.3 Å². The largest absolute Gasteiger partial charge is 0.330 e. The normalized spacial score (nSPS) is 12.9. The van der Waals surface area contributed by atoms with Crippen LogP contribution in [0.2, 0.25) is 10.2 Å². The van der Waals surface area contributed by atoms with E-state index < -0.39 is 0 Å². The summed E-state index contributed by atoms with van der Waals surface area (Å²) in [4.78, 5) is 3.98. The van der Waals surface area contributed by atoms with Gasteiger partial charge in [-0.2, -0.15) is 0 Å². The van der Waals surface area contributed by atoms with E-state index in [9.17, 15) is 0 Å². The number of hydrogen-bond acceptors (Lipinski definition) is 2. The third-order valence-electron chi connectivity index (χ3n) is 1.98. The number of nitrogens with zero attached hydrogens (tertiary/aromatic N) is 1. The van der Waals surface area contributed by atoms with E-state index in [1.165, 1.54) is 0 Å². The first-order valence-electron chi connectivity index (χ1n) is 4.16. The van der Waals surface area contributed by atoms with Crippen LogP contribution in [0.1, 0.15) is 24.8 Å². The van der Waals surface area contributed by atoms with Crippen molar-refractivity contribution in [2.24, 2.45) is 5.73 Å². The molecule has 0 radical (unpaired) electrons. The number of rotatable bonds is 3. The summed E-state index contributed by atoms with van der Waals surface area (Å²) in [5.74, 6) is 0.335. The van der Waals surface area contributed by atoms with Gasteiger partial charge in [-0.05, 0) is 30.5 Å². The summed E-state index contributed by atoms with van der Waals surface area (Å²) < 4.78 is 0. The average molecular weight is 219 g/mol. The average Bonchev–Trinajstić information content (AvgIpc) is 2.04. The molecule has 1 unspecified atom stereocenters. The molecule has 0 amide bonds. The van der Waals surface area contributed by atoms with Crippen molar-refractivity contribution in [2.45, 2.75) is 19.3 Å². The fourth-order valence-corrected chi connectivity index (χ4v) is 1.74. The zero-order valence-corrected chi connectivity index (χ0v) is 8.94. The second-order valence-corrected chi connectivity index (χ2v) is 3.80. The molecule has 1 aromatic rings. The summed E-state index contributed by atoms with van der Waals surface area (Å²) in [5, 5.41) is 1.09. The first-order valence-corrected chi connectivity index (χ1v) is 4.91. The molecular formula is C9H12Cl2N2. The highest BCUT2D eigenvalue weighted by molar-refractivity contribution is 6.34. The molecule has 2 N–H and O–H groups in total. The summed E-state index contributed by atoms with van der Waals surface area (Å²) >= 11 is 11.7. The Bertz CT molecular complexity index is 289. The Morgan fingerprint density at radius 3 is 2.77 bits per heavy atom. The third kappa shape index (κ3) is 2.83. The van der Waals surface area contributed by atoms with E-state index in [1.807, 2.05) is 0 Å². The van der Waals surface area contributed by atoms with Gasteiger partial charge in [0.05, 0.1) is 0 Å². The van der Waals surface area contributed by atoms with Gasteiger partial charge < -0.3 is 5.73 Å². The van der Waals surface area contributed by atoms with Crippen LogP contribution >= 0.6 is 23.2 Å². The first-order chi connectivity index (χ1) is 6.15. The molecule has 0 saturated heterocycles. The Kier molecular flexibility index (Phi) is 3.97. The van der Waals surface area contributed by atoms with Gasteiger partial charge in [0.2, 0.25) is 0 Å². The molecule has 0 bridgehead atoms. The molecule has 0 spiro atoms. The van der Waals surface area contributed by atoms with Gasteiger partial charge in [0, 0.05) is 11.2 Å². The lowest BCUT2D eigenvalue weighted by Crippen LogP contribution is -2.05. The molecule has 4 heteroatoms. The van der Waals surface area contributed by atoms with Gasteiger partial charge in [-0.25, -0.2) is 4.98 Å². The third-order valence-corrected chi connectivity index (χ3v) is 2.51. The fourth-order valence-electron chi connectivity index (χ4n) is 1.19. The Morgan fingerprint density at radius 1 is 1.54 bits per heavy atom. The van der Waals surface area contributed by atoms with Gasteiger partial charge in [0.15, 0.2) is 0 Å². The van der Waals surface area contributed by atoms with Gasteiger partial charge in [0.25, 0.3) is 0 Å². The van der Waals surface area contributed by atoms with Crippen molar-refractivity contribution in [3.05, 3.63) is 28.0 Å². The summed E-state index contributed by atoms with van der Waals surface area (Å²) in [7, 11) is 0. The summed E-state index contributed by atoms with van der Waals surface area (Å²) in [5.41, 5.74) is 6.47. The molecule has 1 aromatic heterocycles. The Balaban J connectivity index is 2.88. The van der Waals surface area contributed by atoms with Gasteiger partial charge in [-0.1, -0.05) is 30.1 Å². The highest BCUT2D eigenvalue weighted by Crippen LogP contribution is 2.27. The second kappa shape index (κ2) is 4.80. The van der Waals surface area contributed by atoms with E-state index in [0.717, 1.165) is 12.0 Å². The molecule has 0 fully saturated rings. The maximum atomic E-state index is 5.99.